The summed E-state index contributed by atoms with van der Waals surface area (Å²) in [6.45, 7) is 3.66. The van der Waals surface area contributed by atoms with Crippen LogP contribution in [0, 0.1) is 11.3 Å². The number of nitrogens with zero attached hydrogens (tertiary/aromatic N) is 3. The van der Waals surface area contributed by atoms with Crippen LogP contribution < -0.4 is 0 Å². The van der Waals surface area contributed by atoms with E-state index in [1.807, 2.05) is 0 Å². The van der Waals surface area contributed by atoms with Crippen LogP contribution in [-0.4, -0.2) is 65.6 Å². The van der Waals surface area contributed by atoms with Gasteiger partial charge in [-0.1, -0.05) is 0 Å². The second-order valence-electron chi connectivity index (χ2n) is 5.99. The molecule has 2 atom stereocenters. The van der Waals surface area contributed by atoms with Crippen LogP contribution in [0.15, 0.2) is 11.7 Å². The topological polar surface area (TPSA) is 90.8 Å². The zero-order valence-electron chi connectivity index (χ0n) is 12.3. The lowest BCUT2D eigenvalue weighted by Crippen LogP contribution is -2.42. The Morgan fingerprint density at radius 1 is 1.50 bits per heavy atom. The fraction of sp³-hybridized carbons (Fsp3) is 0.692. The lowest BCUT2D eigenvalue weighted by molar-refractivity contribution is -0.148. The Hall–Kier alpha value is -1.03. The molecule has 2 saturated heterocycles. The lowest BCUT2D eigenvalue weighted by Gasteiger charge is -2.24. The molecule has 0 radical (unpaired) electrons. The predicted octanol–water partition coefficient (Wildman–Crippen LogP) is 0.311. The Balaban J connectivity index is 1.78. The van der Waals surface area contributed by atoms with E-state index in [9.17, 15) is 18.3 Å². The summed E-state index contributed by atoms with van der Waals surface area (Å²) in [5, 5.41) is 9.72. The fourth-order valence-electron chi connectivity index (χ4n) is 3.48. The third-order valence-electron chi connectivity index (χ3n) is 4.70. The molecule has 7 nitrogen and oxygen atoms in total. The largest absolute Gasteiger partial charge is 0.481 e. The van der Waals surface area contributed by atoms with Crippen molar-refractivity contribution in [1.29, 1.82) is 0 Å². The van der Waals surface area contributed by atoms with Crippen LogP contribution in [0.1, 0.15) is 11.8 Å². The summed E-state index contributed by atoms with van der Waals surface area (Å²) in [4.78, 5) is 19.1. The van der Waals surface area contributed by atoms with Crippen molar-refractivity contribution in [2.75, 3.05) is 31.9 Å². The van der Waals surface area contributed by atoms with Gasteiger partial charge >= 0.3 is 5.97 Å². The molecule has 22 heavy (non-hydrogen) atoms. The summed E-state index contributed by atoms with van der Waals surface area (Å²) in [6.07, 6.45) is 1.79. The molecule has 0 aliphatic carbocycles. The monoisotopic (exact) mass is 345 g/mol. The van der Waals surface area contributed by atoms with E-state index in [-0.39, 0.29) is 18.2 Å². The summed E-state index contributed by atoms with van der Waals surface area (Å²) in [6, 6.07) is 0. The van der Waals surface area contributed by atoms with Crippen LogP contribution in [0.4, 0.5) is 0 Å². The van der Waals surface area contributed by atoms with Crippen molar-refractivity contribution in [2.45, 2.75) is 13.5 Å². The molecule has 3 heterocycles. The van der Waals surface area contributed by atoms with E-state index in [0.717, 1.165) is 4.88 Å². The molecule has 0 saturated carbocycles. The molecule has 1 N–H and O–H groups in total. The molecule has 0 aromatic carbocycles. The summed E-state index contributed by atoms with van der Waals surface area (Å²) in [7, 11) is -3.34. The van der Waals surface area contributed by atoms with Crippen molar-refractivity contribution in [1.82, 2.24) is 14.2 Å². The van der Waals surface area contributed by atoms with Crippen LogP contribution in [0.3, 0.4) is 0 Å². The number of fused-ring (bicyclic) bond motifs is 1. The van der Waals surface area contributed by atoms with E-state index in [1.54, 1.807) is 30.0 Å². The van der Waals surface area contributed by atoms with Gasteiger partial charge in [0.15, 0.2) is 0 Å². The van der Waals surface area contributed by atoms with Gasteiger partial charge < -0.3 is 5.11 Å². The number of hydrogen-bond donors (Lipinski definition) is 1. The number of thiazole rings is 1. The van der Waals surface area contributed by atoms with Crippen molar-refractivity contribution in [3.63, 3.8) is 0 Å². The minimum atomic E-state index is -3.34. The molecule has 2 aliphatic heterocycles. The standard InChI is InChI=1S/C13H19N3O4S2/c1-2-22(19,20)16-5-10-4-15(6-11-3-14-9-21-11)7-13(10,8-16)12(17)18/h3,9-10H,2,4-8H2,1H3,(H,17,18)/t10-,13-/m0/s1. The van der Waals surface area contributed by atoms with Crippen LogP contribution >= 0.6 is 11.3 Å². The van der Waals surface area contributed by atoms with Crippen LogP contribution in [-0.2, 0) is 21.4 Å². The van der Waals surface area contributed by atoms with Gasteiger partial charge in [-0.3, -0.25) is 14.7 Å². The molecule has 3 rings (SSSR count). The van der Waals surface area contributed by atoms with E-state index in [2.05, 4.69) is 9.88 Å². The quantitative estimate of drug-likeness (QED) is 0.826. The maximum Gasteiger partial charge on any atom is 0.312 e. The maximum absolute atomic E-state index is 12.0. The first-order chi connectivity index (χ1) is 10.4. The highest BCUT2D eigenvalue weighted by Gasteiger charge is 2.59. The SMILES string of the molecule is CCS(=O)(=O)N1C[C@@H]2CN(Cc3cncs3)C[C@]2(C(=O)O)C1. The molecule has 1 aromatic heterocycles. The second-order valence-corrected chi connectivity index (χ2v) is 9.22. The zero-order chi connectivity index (χ0) is 16.0. The Kier molecular flexibility index (Phi) is 4.00. The summed E-state index contributed by atoms with van der Waals surface area (Å²) >= 11 is 1.55. The predicted molar refractivity (Wildman–Crippen MR) is 82.0 cm³/mol. The Morgan fingerprint density at radius 3 is 2.82 bits per heavy atom. The Morgan fingerprint density at radius 2 is 2.27 bits per heavy atom. The molecule has 0 unspecified atom stereocenters. The van der Waals surface area contributed by atoms with Gasteiger partial charge in [0.25, 0.3) is 0 Å². The third-order valence-corrected chi connectivity index (χ3v) is 7.25. The first-order valence-corrected chi connectivity index (χ1v) is 9.67. The minimum Gasteiger partial charge on any atom is -0.481 e. The molecule has 0 spiro atoms. The number of carboxylic acids is 1. The number of hydrogen-bond acceptors (Lipinski definition) is 6. The smallest absolute Gasteiger partial charge is 0.312 e. The number of likely N-dealkylation sites (tertiary alicyclic amines) is 1. The van der Waals surface area contributed by atoms with Crippen molar-refractivity contribution < 1.29 is 18.3 Å². The van der Waals surface area contributed by atoms with Gasteiger partial charge in [0.05, 0.1) is 16.7 Å². The van der Waals surface area contributed by atoms with E-state index < -0.39 is 21.4 Å². The maximum atomic E-state index is 12.0. The second kappa shape index (κ2) is 5.55. The summed E-state index contributed by atoms with van der Waals surface area (Å²) in [5.74, 6) is -1.03. The van der Waals surface area contributed by atoms with Gasteiger partial charge in [-0.25, -0.2) is 12.7 Å². The Labute approximate surface area is 133 Å². The van der Waals surface area contributed by atoms with Gasteiger partial charge in [-0.05, 0) is 6.92 Å². The number of aromatic nitrogens is 1. The van der Waals surface area contributed by atoms with Crippen molar-refractivity contribution >= 4 is 27.3 Å². The number of carboxylic acid groups (broad SMARTS) is 1. The molecule has 0 amide bonds. The first kappa shape index (κ1) is 15.9. The number of carbonyl (C=O) groups is 1. The molecule has 1 aromatic rings. The highest BCUT2D eigenvalue weighted by molar-refractivity contribution is 7.89. The molecule has 122 valence electrons. The lowest BCUT2D eigenvalue weighted by atomic mass is 9.81. The van der Waals surface area contributed by atoms with Gasteiger partial charge in [0, 0.05) is 49.7 Å². The average Bonchev–Trinajstić information content (AvgIpc) is 3.13. The fourth-order valence-corrected chi connectivity index (χ4v) is 5.32. The van der Waals surface area contributed by atoms with Crippen molar-refractivity contribution in [3.05, 3.63) is 16.6 Å². The van der Waals surface area contributed by atoms with Gasteiger partial charge in [0.2, 0.25) is 10.0 Å². The molecular formula is C13H19N3O4S2. The molecule has 9 heteroatoms. The van der Waals surface area contributed by atoms with Crippen LogP contribution in [0.2, 0.25) is 0 Å². The first-order valence-electron chi connectivity index (χ1n) is 7.18. The summed E-state index contributed by atoms with van der Waals surface area (Å²) in [5.41, 5.74) is 0.779. The summed E-state index contributed by atoms with van der Waals surface area (Å²) < 4.78 is 25.5. The van der Waals surface area contributed by atoms with Crippen LogP contribution in [0.25, 0.3) is 0 Å². The highest BCUT2D eigenvalue weighted by atomic mass is 32.2. The van der Waals surface area contributed by atoms with Gasteiger partial charge in [-0.2, -0.15) is 0 Å². The van der Waals surface area contributed by atoms with E-state index in [0.29, 0.717) is 26.2 Å². The van der Waals surface area contributed by atoms with Crippen molar-refractivity contribution in [3.8, 4) is 0 Å². The number of rotatable bonds is 5. The van der Waals surface area contributed by atoms with Gasteiger partial charge in [0.1, 0.15) is 0 Å². The van der Waals surface area contributed by atoms with Crippen LogP contribution in [0.5, 0.6) is 0 Å². The van der Waals surface area contributed by atoms with E-state index in [1.165, 1.54) is 4.31 Å². The third kappa shape index (κ3) is 2.55. The van der Waals surface area contributed by atoms with Crippen molar-refractivity contribution in [2.24, 2.45) is 11.3 Å². The van der Waals surface area contributed by atoms with E-state index in [4.69, 9.17) is 0 Å². The number of sulfonamides is 1. The highest BCUT2D eigenvalue weighted by Crippen LogP contribution is 2.44. The number of aliphatic carboxylic acids is 1. The van der Waals surface area contributed by atoms with E-state index >= 15 is 0 Å². The minimum absolute atomic E-state index is 0.0139. The van der Waals surface area contributed by atoms with Gasteiger partial charge in [-0.15, -0.1) is 11.3 Å². The molecular weight excluding hydrogens is 326 g/mol. The molecule has 2 aliphatic rings. The molecule has 2 fully saturated rings. The normalized spacial score (nSPS) is 29.8. The zero-order valence-corrected chi connectivity index (χ0v) is 13.9. The average molecular weight is 345 g/mol. The Bertz CT molecular complexity index is 661. The molecule has 0 bridgehead atoms.